The van der Waals surface area contributed by atoms with Crippen molar-refractivity contribution in [2.45, 2.75) is 13.0 Å². The molecule has 0 aliphatic rings. The van der Waals surface area contributed by atoms with Crippen LogP contribution in [0.5, 0.6) is 5.75 Å². The van der Waals surface area contributed by atoms with E-state index in [9.17, 15) is 9.18 Å². The van der Waals surface area contributed by atoms with Gasteiger partial charge in [0.1, 0.15) is 17.7 Å². The van der Waals surface area contributed by atoms with Gasteiger partial charge in [0.05, 0.1) is 6.61 Å². The van der Waals surface area contributed by atoms with Crippen LogP contribution in [0.4, 0.5) is 9.52 Å². The zero-order valence-corrected chi connectivity index (χ0v) is 16.9. The molecule has 3 aromatic rings. The van der Waals surface area contributed by atoms with E-state index in [2.05, 4.69) is 10.3 Å². The average molecular weight is 412 g/mol. The zero-order chi connectivity index (χ0) is 20.6. The van der Waals surface area contributed by atoms with Crippen LogP contribution in [0.3, 0.4) is 0 Å². The number of benzene rings is 2. The van der Waals surface area contributed by atoms with Crippen LogP contribution in [0, 0.1) is 5.82 Å². The largest absolute Gasteiger partial charge is 0.488 e. The maximum atomic E-state index is 13.4. The number of carbonyl (C=O) groups excluding carboxylic acids is 1. The Morgan fingerprint density at radius 3 is 2.79 bits per heavy atom. The Bertz CT molecular complexity index is 989. The molecule has 1 atom stereocenters. The van der Waals surface area contributed by atoms with Crippen LogP contribution in [0.15, 0.2) is 54.0 Å². The fraction of sp³-hybridized carbons (Fsp3) is 0.182. The van der Waals surface area contributed by atoms with Crippen LogP contribution < -0.4 is 10.1 Å². The van der Waals surface area contributed by atoms with Crippen molar-refractivity contribution in [2.75, 3.05) is 19.0 Å². The molecule has 0 saturated carbocycles. The Morgan fingerprint density at radius 2 is 2.07 bits per heavy atom. The third-order valence-corrected chi connectivity index (χ3v) is 4.59. The number of carbonyl (C=O) groups is 1. The van der Waals surface area contributed by atoms with Crippen molar-refractivity contribution in [3.05, 3.63) is 76.5 Å². The van der Waals surface area contributed by atoms with Gasteiger partial charge in [0.2, 0.25) is 0 Å². The lowest BCUT2D eigenvalue weighted by Crippen LogP contribution is -2.18. The van der Waals surface area contributed by atoms with Crippen LogP contribution in [0.1, 0.15) is 28.4 Å². The van der Waals surface area contributed by atoms with Crippen LogP contribution >= 0.6 is 11.3 Å². The highest BCUT2D eigenvalue weighted by Crippen LogP contribution is 2.22. The summed E-state index contributed by atoms with van der Waals surface area (Å²) in [6.07, 6.45) is 5.03. The number of rotatable bonds is 8. The summed E-state index contributed by atoms with van der Waals surface area (Å²) in [5.41, 5.74) is 1.90. The molecule has 3 rings (SSSR count). The summed E-state index contributed by atoms with van der Waals surface area (Å²) in [5, 5.41) is 5.07. The lowest BCUT2D eigenvalue weighted by atomic mass is 10.1. The summed E-state index contributed by atoms with van der Waals surface area (Å²) in [6, 6.07) is 11.5. The molecule has 2 aromatic carbocycles. The molecule has 0 radical (unpaired) electrons. The monoisotopic (exact) mass is 412 g/mol. The van der Waals surface area contributed by atoms with Gasteiger partial charge in [0.25, 0.3) is 5.91 Å². The van der Waals surface area contributed by atoms with Crippen molar-refractivity contribution < 1.29 is 18.7 Å². The summed E-state index contributed by atoms with van der Waals surface area (Å²) in [6.45, 7) is 2.30. The van der Waals surface area contributed by atoms with Gasteiger partial charge in [0.15, 0.2) is 5.13 Å². The second-order valence-corrected chi connectivity index (χ2v) is 7.25. The maximum Gasteiger partial charge on any atom is 0.257 e. The van der Waals surface area contributed by atoms with Gasteiger partial charge in [0, 0.05) is 24.3 Å². The predicted molar refractivity (Wildman–Crippen MR) is 114 cm³/mol. The Balaban J connectivity index is 1.88. The summed E-state index contributed by atoms with van der Waals surface area (Å²) in [7, 11) is 1.60. The third kappa shape index (κ3) is 6.23. The Labute approximate surface area is 172 Å². The number of anilines is 1. The van der Waals surface area contributed by atoms with Gasteiger partial charge >= 0.3 is 0 Å². The van der Waals surface area contributed by atoms with E-state index in [0.717, 1.165) is 11.1 Å². The van der Waals surface area contributed by atoms with E-state index < -0.39 is 0 Å². The smallest absolute Gasteiger partial charge is 0.257 e. The fourth-order valence-electron chi connectivity index (χ4n) is 2.68. The van der Waals surface area contributed by atoms with Gasteiger partial charge in [-0.15, -0.1) is 11.3 Å². The Kier molecular flexibility index (Phi) is 7.10. The number of thiazole rings is 1. The van der Waals surface area contributed by atoms with Gasteiger partial charge in [-0.2, -0.15) is 0 Å². The highest BCUT2D eigenvalue weighted by atomic mass is 32.1. The van der Waals surface area contributed by atoms with Crippen LogP contribution in [0.25, 0.3) is 12.2 Å². The lowest BCUT2D eigenvalue weighted by Gasteiger charge is -2.15. The lowest BCUT2D eigenvalue weighted by molar-refractivity contribution is 0.0917. The number of aromatic nitrogens is 1. The second-order valence-electron chi connectivity index (χ2n) is 6.35. The molecule has 0 unspecified atom stereocenters. The van der Waals surface area contributed by atoms with Crippen molar-refractivity contribution >= 4 is 34.5 Å². The second kappa shape index (κ2) is 9.95. The quantitative estimate of drug-likeness (QED) is 0.522. The van der Waals surface area contributed by atoms with Crippen LogP contribution in [0.2, 0.25) is 0 Å². The molecule has 0 fully saturated rings. The summed E-state index contributed by atoms with van der Waals surface area (Å²) in [4.78, 5) is 16.7. The molecular weight excluding hydrogens is 391 g/mol. The average Bonchev–Trinajstić information content (AvgIpc) is 3.19. The molecule has 5 nitrogen and oxygen atoms in total. The number of nitrogens with one attached hydrogen (secondary N) is 1. The molecule has 29 heavy (non-hydrogen) atoms. The first-order chi connectivity index (χ1) is 14.0. The van der Waals surface area contributed by atoms with Gasteiger partial charge in [-0.05, 0) is 48.4 Å². The normalized spacial score (nSPS) is 12.1. The highest BCUT2D eigenvalue weighted by molar-refractivity contribution is 7.13. The minimum atomic E-state index is -0.305. The van der Waals surface area contributed by atoms with E-state index in [4.69, 9.17) is 9.47 Å². The van der Waals surface area contributed by atoms with Gasteiger partial charge < -0.3 is 9.47 Å². The molecule has 0 bridgehead atoms. The molecule has 150 valence electrons. The van der Waals surface area contributed by atoms with Gasteiger partial charge in [-0.3, -0.25) is 10.1 Å². The fourth-order valence-corrected chi connectivity index (χ4v) is 3.20. The summed E-state index contributed by atoms with van der Waals surface area (Å²) >= 11 is 1.34. The number of nitrogens with zero attached hydrogens (tertiary/aromatic N) is 1. The van der Waals surface area contributed by atoms with Crippen LogP contribution in [-0.2, 0) is 4.74 Å². The van der Waals surface area contributed by atoms with E-state index in [1.807, 2.05) is 19.1 Å². The molecule has 1 aromatic heterocycles. The number of amides is 1. The number of methoxy groups -OCH3 is 1. The molecule has 0 spiro atoms. The van der Waals surface area contributed by atoms with Crippen molar-refractivity contribution in [3.8, 4) is 5.75 Å². The molecular formula is C22H21FN2O3S. The summed E-state index contributed by atoms with van der Waals surface area (Å²) in [5.74, 6) is -0.0495. The third-order valence-electron chi connectivity index (χ3n) is 3.90. The minimum Gasteiger partial charge on any atom is -0.488 e. The zero-order valence-electron chi connectivity index (χ0n) is 16.1. The molecule has 0 aliphatic heterocycles. The van der Waals surface area contributed by atoms with Crippen molar-refractivity contribution in [1.82, 2.24) is 4.98 Å². The molecule has 0 aliphatic carbocycles. The minimum absolute atomic E-state index is 0.183. The first kappa shape index (κ1) is 20.7. The van der Waals surface area contributed by atoms with E-state index in [-0.39, 0.29) is 17.8 Å². The van der Waals surface area contributed by atoms with E-state index in [0.29, 0.717) is 23.1 Å². The van der Waals surface area contributed by atoms with E-state index in [1.165, 1.54) is 23.5 Å². The van der Waals surface area contributed by atoms with Crippen LogP contribution in [-0.4, -0.2) is 30.7 Å². The number of hydrogen-bond acceptors (Lipinski definition) is 5. The number of ether oxygens (including phenoxy) is 2. The summed E-state index contributed by atoms with van der Waals surface area (Å²) < 4.78 is 24.4. The molecule has 1 heterocycles. The molecule has 0 saturated heterocycles. The Hall–Kier alpha value is -3.03. The first-order valence-electron chi connectivity index (χ1n) is 8.98. The van der Waals surface area contributed by atoms with Crippen molar-refractivity contribution in [2.24, 2.45) is 0 Å². The predicted octanol–water partition coefficient (Wildman–Crippen LogP) is 5.12. The van der Waals surface area contributed by atoms with E-state index >= 15 is 0 Å². The Morgan fingerprint density at radius 1 is 1.24 bits per heavy atom. The van der Waals surface area contributed by atoms with Gasteiger partial charge in [-0.25, -0.2) is 9.37 Å². The van der Waals surface area contributed by atoms with E-state index in [1.54, 1.807) is 49.0 Å². The van der Waals surface area contributed by atoms with Gasteiger partial charge in [-0.1, -0.05) is 24.3 Å². The molecule has 7 heteroatoms. The number of hydrogen-bond donors (Lipinski definition) is 1. The topological polar surface area (TPSA) is 60.5 Å². The number of halogens is 1. The molecule has 1 N–H and O–H groups in total. The first-order valence-corrected chi connectivity index (χ1v) is 9.86. The standard InChI is InChI=1S/C22H21FN2O3S/c1-15(14-27-2)28-20-12-17(7-6-16-4-3-5-19(23)11-16)10-18(13-20)21(26)25-22-24-8-9-29-22/h3-13,15H,14H2,1-2H3,(H,24,25,26)/t15-/m0/s1. The van der Waals surface area contributed by atoms with Crippen molar-refractivity contribution in [3.63, 3.8) is 0 Å². The highest BCUT2D eigenvalue weighted by Gasteiger charge is 2.12. The SMILES string of the molecule is COC[C@H](C)Oc1cc(C=Cc2cccc(F)c2)cc(C(=O)Nc2nccs2)c1. The maximum absolute atomic E-state index is 13.4. The van der Waals surface area contributed by atoms with Crippen molar-refractivity contribution in [1.29, 1.82) is 0 Å². The molecule has 1 amide bonds.